The summed E-state index contributed by atoms with van der Waals surface area (Å²) in [5.41, 5.74) is 3.77. The summed E-state index contributed by atoms with van der Waals surface area (Å²) in [5.74, 6) is 1.51. The van der Waals surface area contributed by atoms with E-state index in [1.165, 1.54) is 0 Å². The normalized spacial score (nSPS) is 13.4. The first-order chi connectivity index (χ1) is 17.2. The summed E-state index contributed by atoms with van der Waals surface area (Å²) in [6.07, 6.45) is 2.58. The van der Waals surface area contributed by atoms with Crippen molar-refractivity contribution in [3.05, 3.63) is 53.7 Å². The number of nitrogens with zero attached hydrogens (tertiary/aromatic N) is 3. The SMILES string of the molecule is CCCN1C(=O)CSc2ccc(Nc3nc(Nc4ccc(C)c(S(=O)(=O)NCC)c4)ncc3C)cc21. The molecule has 3 N–H and O–H groups in total. The van der Waals surface area contributed by atoms with Crippen molar-refractivity contribution in [3.8, 4) is 0 Å². The maximum absolute atomic E-state index is 12.5. The Balaban J connectivity index is 1.59. The zero-order chi connectivity index (χ0) is 25.9. The van der Waals surface area contributed by atoms with E-state index in [2.05, 4.69) is 32.2 Å². The highest BCUT2D eigenvalue weighted by Crippen LogP contribution is 2.38. The van der Waals surface area contributed by atoms with Crippen molar-refractivity contribution in [1.29, 1.82) is 0 Å². The first-order valence-corrected chi connectivity index (χ1v) is 14.2. The van der Waals surface area contributed by atoms with Crippen LogP contribution in [0.25, 0.3) is 0 Å². The van der Waals surface area contributed by atoms with E-state index in [-0.39, 0.29) is 10.8 Å². The van der Waals surface area contributed by atoms with Gasteiger partial charge in [-0.05, 0) is 56.2 Å². The lowest BCUT2D eigenvalue weighted by Gasteiger charge is -2.29. The lowest BCUT2D eigenvalue weighted by Crippen LogP contribution is -2.35. The molecule has 1 aliphatic heterocycles. The second-order valence-corrected chi connectivity index (χ2v) is 11.2. The number of anilines is 5. The summed E-state index contributed by atoms with van der Waals surface area (Å²) >= 11 is 1.55. The molecule has 1 amide bonds. The van der Waals surface area contributed by atoms with Gasteiger partial charge in [0.15, 0.2) is 0 Å². The van der Waals surface area contributed by atoms with Gasteiger partial charge in [-0.25, -0.2) is 18.1 Å². The van der Waals surface area contributed by atoms with Gasteiger partial charge in [-0.3, -0.25) is 4.79 Å². The van der Waals surface area contributed by atoms with Crippen molar-refractivity contribution in [2.75, 3.05) is 34.4 Å². The molecule has 0 saturated carbocycles. The Hall–Kier alpha value is -3.15. The largest absolute Gasteiger partial charge is 0.340 e. The summed E-state index contributed by atoms with van der Waals surface area (Å²) in [6, 6.07) is 11.1. The first-order valence-electron chi connectivity index (χ1n) is 11.8. The molecule has 1 aliphatic rings. The molecule has 9 nitrogen and oxygen atoms in total. The molecule has 0 radical (unpaired) electrons. The standard InChI is InChI=1S/C25H30N6O3S2/c1-5-11-31-20-12-18(9-10-21(20)35-15-23(31)32)28-24-17(4)14-26-25(30-24)29-19-8-7-16(3)22(13-19)36(33,34)27-6-2/h7-10,12-14,27H,5-6,11,15H2,1-4H3,(H2,26,28,29,30). The molecule has 0 saturated heterocycles. The van der Waals surface area contributed by atoms with Crippen molar-refractivity contribution in [3.63, 3.8) is 0 Å². The average Bonchev–Trinajstić information content (AvgIpc) is 2.84. The van der Waals surface area contributed by atoms with Crippen LogP contribution in [0.3, 0.4) is 0 Å². The number of aromatic nitrogens is 2. The van der Waals surface area contributed by atoms with E-state index < -0.39 is 10.0 Å². The summed E-state index contributed by atoms with van der Waals surface area (Å²) in [7, 11) is -3.60. The number of carbonyl (C=O) groups is 1. The van der Waals surface area contributed by atoms with E-state index in [4.69, 9.17) is 0 Å². The number of carbonyl (C=O) groups excluding carboxylic acids is 1. The molecule has 0 unspecified atom stereocenters. The van der Waals surface area contributed by atoms with Gasteiger partial charge >= 0.3 is 0 Å². The number of fused-ring (bicyclic) bond motifs is 1. The fourth-order valence-electron chi connectivity index (χ4n) is 3.88. The first kappa shape index (κ1) is 25.9. The fourth-order valence-corrected chi connectivity index (χ4v) is 6.10. The molecule has 0 bridgehead atoms. The number of benzene rings is 2. The summed E-state index contributed by atoms with van der Waals surface area (Å²) < 4.78 is 27.6. The summed E-state index contributed by atoms with van der Waals surface area (Å²) in [5, 5.41) is 6.45. The zero-order valence-electron chi connectivity index (χ0n) is 20.8. The third-order valence-corrected chi connectivity index (χ3v) is 8.39. The van der Waals surface area contributed by atoms with Crippen LogP contribution in [-0.2, 0) is 14.8 Å². The number of hydrogen-bond acceptors (Lipinski definition) is 8. The molecule has 0 atom stereocenters. The van der Waals surface area contributed by atoms with Crippen molar-refractivity contribution in [2.45, 2.75) is 43.9 Å². The lowest BCUT2D eigenvalue weighted by atomic mass is 10.2. The highest BCUT2D eigenvalue weighted by molar-refractivity contribution is 8.00. The molecule has 190 valence electrons. The molecule has 11 heteroatoms. The van der Waals surface area contributed by atoms with Gasteiger partial charge in [-0.15, -0.1) is 11.8 Å². The minimum absolute atomic E-state index is 0.116. The third-order valence-electron chi connectivity index (χ3n) is 5.65. The second-order valence-electron chi connectivity index (χ2n) is 8.47. The van der Waals surface area contributed by atoms with Crippen molar-refractivity contribution >= 4 is 56.5 Å². The monoisotopic (exact) mass is 526 g/mol. The van der Waals surface area contributed by atoms with Crippen LogP contribution in [0.1, 0.15) is 31.4 Å². The summed E-state index contributed by atoms with van der Waals surface area (Å²) in [4.78, 5) is 24.5. The molecular formula is C25H30N6O3S2. The summed E-state index contributed by atoms with van der Waals surface area (Å²) in [6.45, 7) is 8.44. The fraction of sp³-hybridized carbons (Fsp3) is 0.320. The molecule has 4 rings (SSSR count). The smallest absolute Gasteiger partial charge is 0.240 e. The minimum atomic E-state index is -3.60. The second kappa shape index (κ2) is 10.9. The quantitative estimate of drug-likeness (QED) is 0.367. The maximum atomic E-state index is 12.5. The Labute approximate surface area is 216 Å². The predicted octanol–water partition coefficient (Wildman–Crippen LogP) is 4.73. The van der Waals surface area contributed by atoms with Gasteiger partial charge in [0.05, 0.1) is 16.3 Å². The van der Waals surface area contributed by atoms with Crippen LogP contribution >= 0.6 is 11.8 Å². The minimum Gasteiger partial charge on any atom is -0.340 e. The number of nitrogens with one attached hydrogen (secondary N) is 3. The Morgan fingerprint density at radius 2 is 1.78 bits per heavy atom. The van der Waals surface area contributed by atoms with Crippen LogP contribution in [0.5, 0.6) is 0 Å². The van der Waals surface area contributed by atoms with Gasteiger partial charge in [-0.2, -0.15) is 4.98 Å². The highest BCUT2D eigenvalue weighted by atomic mass is 32.2. The van der Waals surface area contributed by atoms with Crippen molar-refractivity contribution in [1.82, 2.24) is 14.7 Å². The Bertz CT molecular complexity index is 1390. The topological polar surface area (TPSA) is 116 Å². The molecule has 0 fully saturated rings. The van der Waals surface area contributed by atoms with E-state index >= 15 is 0 Å². The molecule has 2 heterocycles. The maximum Gasteiger partial charge on any atom is 0.240 e. The number of sulfonamides is 1. The molecule has 2 aromatic carbocycles. The Morgan fingerprint density at radius 3 is 2.53 bits per heavy atom. The van der Waals surface area contributed by atoms with E-state index in [1.807, 2.05) is 30.0 Å². The number of amides is 1. The van der Waals surface area contributed by atoms with Crippen molar-refractivity contribution < 1.29 is 13.2 Å². The number of thioether (sulfide) groups is 1. The van der Waals surface area contributed by atoms with Crippen LogP contribution in [0.2, 0.25) is 0 Å². The number of hydrogen-bond donors (Lipinski definition) is 3. The predicted molar refractivity (Wildman–Crippen MR) is 145 cm³/mol. The molecular weight excluding hydrogens is 496 g/mol. The van der Waals surface area contributed by atoms with Crippen LogP contribution < -0.4 is 20.3 Å². The highest BCUT2D eigenvalue weighted by Gasteiger charge is 2.24. The molecule has 36 heavy (non-hydrogen) atoms. The average molecular weight is 527 g/mol. The van der Waals surface area contributed by atoms with E-state index in [0.717, 1.165) is 28.3 Å². The van der Waals surface area contributed by atoms with E-state index in [0.29, 0.717) is 41.9 Å². The van der Waals surface area contributed by atoms with Gasteiger partial charge in [0.1, 0.15) is 5.82 Å². The van der Waals surface area contributed by atoms with Crippen LogP contribution in [0.4, 0.5) is 28.8 Å². The molecule has 1 aromatic heterocycles. The Kier molecular flexibility index (Phi) is 7.82. The zero-order valence-corrected chi connectivity index (χ0v) is 22.4. The number of aryl methyl sites for hydroxylation is 2. The number of rotatable bonds is 9. The molecule has 0 aliphatic carbocycles. The van der Waals surface area contributed by atoms with Gasteiger partial charge in [0.2, 0.25) is 21.9 Å². The van der Waals surface area contributed by atoms with E-state index in [1.54, 1.807) is 50.0 Å². The Morgan fingerprint density at radius 1 is 1.03 bits per heavy atom. The van der Waals surface area contributed by atoms with Gasteiger partial charge in [0, 0.05) is 41.1 Å². The van der Waals surface area contributed by atoms with Crippen LogP contribution in [0.15, 0.2) is 52.4 Å². The van der Waals surface area contributed by atoms with Gasteiger partial charge < -0.3 is 15.5 Å². The van der Waals surface area contributed by atoms with Gasteiger partial charge in [-0.1, -0.05) is 19.9 Å². The van der Waals surface area contributed by atoms with Gasteiger partial charge in [0.25, 0.3) is 0 Å². The van der Waals surface area contributed by atoms with Crippen LogP contribution in [0, 0.1) is 13.8 Å². The van der Waals surface area contributed by atoms with Crippen molar-refractivity contribution in [2.24, 2.45) is 0 Å². The molecule has 0 spiro atoms. The third kappa shape index (κ3) is 5.63. The van der Waals surface area contributed by atoms with E-state index in [9.17, 15) is 13.2 Å². The van der Waals surface area contributed by atoms with Crippen LogP contribution in [-0.4, -0.2) is 43.1 Å². The lowest BCUT2D eigenvalue weighted by molar-refractivity contribution is -0.116. The molecule has 3 aromatic rings.